The number of hydrogen-bond acceptors (Lipinski definition) is 15. The molecule has 0 heterocycles. The molecule has 0 aliphatic heterocycles. The molecule has 552 valence electrons. The number of allylic oxidation sites excluding steroid dienone is 17. The molecule has 17 nitrogen and oxygen atoms in total. The van der Waals surface area contributed by atoms with Crippen LogP contribution in [0.15, 0.2) is 109 Å². The van der Waals surface area contributed by atoms with E-state index in [-0.39, 0.29) is 25.7 Å². The molecule has 3 N–H and O–H groups in total. The van der Waals surface area contributed by atoms with Crippen molar-refractivity contribution in [3.63, 3.8) is 0 Å². The summed E-state index contributed by atoms with van der Waals surface area (Å²) in [4.78, 5) is 72.7. The Morgan fingerprint density at radius 3 is 0.948 bits per heavy atom. The zero-order chi connectivity index (χ0) is 70.4. The number of carbonyl (C=O) groups excluding carboxylic acids is 4. The molecule has 0 fully saturated rings. The van der Waals surface area contributed by atoms with Crippen molar-refractivity contribution in [2.24, 2.45) is 0 Å². The van der Waals surface area contributed by atoms with Gasteiger partial charge in [0.2, 0.25) is 0 Å². The summed E-state index contributed by atoms with van der Waals surface area (Å²) in [6.45, 7) is 4.49. The molecule has 96 heavy (non-hydrogen) atoms. The summed E-state index contributed by atoms with van der Waals surface area (Å²) in [7, 11) is -9.97. The molecule has 0 spiro atoms. The van der Waals surface area contributed by atoms with Crippen LogP contribution in [0.2, 0.25) is 0 Å². The summed E-state index contributed by atoms with van der Waals surface area (Å²) in [5.41, 5.74) is 0. The second-order valence-corrected chi connectivity index (χ2v) is 27.4. The first-order valence-corrected chi connectivity index (χ1v) is 40.1. The van der Waals surface area contributed by atoms with Crippen LogP contribution in [-0.4, -0.2) is 96.7 Å². The van der Waals surface area contributed by atoms with E-state index in [0.717, 1.165) is 141 Å². The minimum absolute atomic E-state index is 0.0698. The highest BCUT2D eigenvalue weighted by Crippen LogP contribution is 2.45. The lowest BCUT2D eigenvalue weighted by Crippen LogP contribution is -2.30. The predicted octanol–water partition coefficient (Wildman–Crippen LogP) is 21.0. The third-order valence-electron chi connectivity index (χ3n) is 15.3. The molecule has 0 aromatic rings. The largest absolute Gasteiger partial charge is 0.472 e. The van der Waals surface area contributed by atoms with Gasteiger partial charge in [-0.05, 0) is 109 Å². The Bertz CT molecular complexity index is 2250. The lowest BCUT2D eigenvalue weighted by Gasteiger charge is -2.21. The van der Waals surface area contributed by atoms with Crippen LogP contribution < -0.4 is 0 Å². The maximum atomic E-state index is 13.1. The summed E-state index contributed by atoms with van der Waals surface area (Å²) in [6.07, 6.45) is 72.6. The summed E-state index contributed by atoms with van der Waals surface area (Å²) in [5, 5.41) is 10.6. The zero-order valence-corrected chi connectivity index (χ0v) is 61.8. The topological polar surface area (TPSA) is 237 Å². The van der Waals surface area contributed by atoms with Gasteiger partial charge in [-0.15, -0.1) is 0 Å². The molecule has 0 aromatic heterocycles. The van der Waals surface area contributed by atoms with E-state index in [4.69, 9.17) is 37.0 Å². The third-order valence-corrected chi connectivity index (χ3v) is 17.2. The van der Waals surface area contributed by atoms with Gasteiger partial charge in [-0.2, -0.15) is 0 Å². The minimum Gasteiger partial charge on any atom is -0.462 e. The number of carbonyl (C=O) groups is 4. The summed E-state index contributed by atoms with van der Waals surface area (Å²) >= 11 is 0. The highest BCUT2D eigenvalue weighted by Gasteiger charge is 2.30. The SMILES string of the molecule is CC/C=C\C/C=C\C/C=C\C/C=C\C/C=C\CC(=O)OCC(COP(=O)(O)OCC(O)COP(=O)(O)OCC(COC(=O)CCCCCCC/C=C\C/C=C\C/C=C\CC)OC(=O)CCCCCCC/C=C\CCCCCC)OC(=O)CCCCCCCCCCCCCCC. The second kappa shape index (κ2) is 69.2. The van der Waals surface area contributed by atoms with E-state index in [0.29, 0.717) is 25.7 Å². The van der Waals surface area contributed by atoms with E-state index in [2.05, 4.69) is 113 Å². The Morgan fingerprint density at radius 2 is 0.583 bits per heavy atom. The molecule has 0 rings (SSSR count). The third kappa shape index (κ3) is 68.3. The Balaban J connectivity index is 5.41. The molecule has 0 saturated carbocycles. The Morgan fingerprint density at radius 1 is 0.312 bits per heavy atom. The second-order valence-electron chi connectivity index (χ2n) is 24.5. The normalized spacial score (nSPS) is 14.6. The summed E-state index contributed by atoms with van der Waals surface area (Å²) < 4.78 is 68.2. The molecule has 0 saturated heterocycles. The Kier molecular flexibility index (Phi) is 66.1. The summed E-state index contributed by atoms with van der Waals surface area (Å²) in [5.74, 6) is -2.34. The number of aliphatic hydroxyl groups is 1. The Hall–Kier alpha value is -4.28. The van der Waals surface area contributed by atoms with Gasteiger partial charge in [0.1, 0.15) is 19.3 Å². The number of rotatable bonds is 69. The first-order chi connectivity index (χ1) is 46.7. The van der Waals surface area contributed by atoms with Crippen molar-refractivity contribution in [3.8, 4) is 0 Å². The highest BCUT2D eigenvalue weighted by atomic mass is 31.2. The number of phosphoric ester groups is 2. The van der Waals surface area contributed by atoms with Crippen molar-refractivity contribution in [1.29, 1.82) is 0 Å². The van der Waals surface area contributed by atoms with Gasteiger partial charge in [0.25, 0.3) is 0 Å². The number of aliphatic hydroxyl groups excluding tert-OH is 1. The van der Waals surface area contributed by atoms with Crippen molar-refractivity contribution in [2.75, 3.05) is 39.6 Å². The molecule has 0 amide bonds. The van der Waals surface area contributed by atoms with Crippen molar-refractivity contribution in [2.45, 2.75) is 316 Å². The van der Waals surface area contributed by atoms with E-state index in [1.165, 1.54) is 77.0 Å². The van der Waals surface area contributed by atoms with Crippen LogP contribution in [0, 0.1) is 0 Å². The van der Waals surface area contributed by atoms with Crippen molar-refractivity contribution < 1.29 is 80.2 Å². The van der Waals surface area contributed by atoms with E-state index in [1.54, 1.807) is 6.08 Å². The van der Waals surface area contributed by atoms with Gasteiger partial charge >= 0.3 is 39.5 Å². The average Bonchev–Trinajstić information content (AvgIpc) is 1.14. The summed E-state index contributed by atoms with van der Waals surface area (Å²) in [6, 6.07) is 0. The van der Waals surface area contributed by atoms with Gasteiger partial charge in [0, 0.05) is 19.3 Å². The van der Waals surface area contributed by atoms with Crippen LogP contribution in [0.3, 0.4) is 0 Å². The lowest BCUT2D eigenvalue weighted by atomic mass is 10.0. The molecule has 0 aliphatic carbocycles. The first-order valence-electron chi connectivity index (χ1n) is 37.1. The maximum absolute atomic E-state index is 13.1. The minimum atomic E-state index is -4.99. The molecular formula is C77H132O17P2. The Labute approximate surface area is 581 Å². The molecule has 0 aliphatic rings. The van der Waals surface area contributed by atoms with Crippen LogP contribution in [0.4, 0.5) is 0 Å². The highest BCUT2D eigenvalue weighted by molar-refractivity contribution is 7.47. The molecule has 0 radical (unpaired) electrons. The molecular weight excluding hydrogens is 1260 g/mol. The van der Waals surface area contributed by atoms with E-state index in [9.17, 15) is 43.2 Å². The average molecular weight is 1390 g/mol. The molecule has 19 heteroatoms. The van der Waals surface area contributed by atoms with Crippen LogP contribution in [0.1, 0.15) is 297 Å². The number of unbranched alkanes of at least 4 members (excludes halogenated alkanes) is 26. The van der Waals surface area contributed by atoms with Crippen molar-refractivity contribution in [1.82, 2.24) is 0 Å². The smallest absolute Gasteiger partial charge is 0.462 e. The van der Waals surface area contributed by atoms with E-state index < -0.39 is 97.5 Å². The van der Waals surface area contributed by atoms with Gasteiger partial charge in [-0.25, -0.2) is 9.13 Å². The molecule has 5 unspecified atom stereocenters. The first kappa shape index (κ1) is 91.7. The van der Waals surface area contributed by atoms with Crippen molar-refractivity contribution in [3.05, 3.63) is 109 Å². The number of esters is 4. The van der Waals surface area contributed by atoms with Crippen LogP contribution in [0.25, 0.3) is 0 Å². The van der Waals surface area contributed by atoms with Crippen LogP contribution in [0.5, 0.6) is 0 Å². The van der Waals surface area contributed by atoms with Gasteiger partial charge in [0.15, 0.2) is 12.2 Å². The van der Waals surface area contributed by atoms with Gasteiger partial charge < -0.3 is 33.8 Å². The fraction of sp³-hybridized carbons (Fsp3) is 0.714. The van der Waals surface area contributed by atoms with Crippen molar-refractivity contribution >= 4 is 39.5 Å². The molecule has 0 bridgehead atoms. The fourth-order valence-electron chi connectivity index (χ4n) is 9.65. The molecule has 5 atom stereocenters. The standard InChI is InChI=1S/C77H132O17P2/c1-5-9-13-17-21-25-29-33-35-39-41-45-49-53-57-61-74(79)87-67-72(93-76(81)63-59-55-51-47-43-37-31-27-23-19-15-11-7-3)69-91-95(83,84)89-65-71(78)66-90-96(85,86)92-70-73(94-77(82)64-60-56-52-48-44-38-32-28-24-20-16-12-8-4)68-88-75(80)62-58-54-50-46-42-40-36-34-30-26-22-18-14-10-6-2/h9-10,13-14,21-22,25-27,31,33-36,42,46,54,58,71-73,78H,5-8,11-12,15-20,23-24,28-30,32,37-41,43-45,47-53,55-57,59-70H2,1-4H3,(H,83,84)(H,85,86)/b13-9-,14-10-,25-21-,26-22-,31-27-,35-33-,36-34-,46-42-,58-54-. The number of hydrogen-bond donors (Lipinski definition) is 3. The quantitative estimate of drug-likeness (QED) is 0.0169. The lowest BCUT2D eigenvalue weighted by molar-refractivity contribution is -0.161. The predicted molar refractivity (Wildman–Crippen MR) is 390 cm³/mol. The number of ether oxygens (including phenoxy) is 4. The van der Waals surface area contributed by atoms with Gasteiger partial charge in [-0.3, -0.25) is 37.3 Å². The van der Waals surface area contributed by atoms with E-state index >= 15 is 0 Å². The van der Waals surface area contributed by atoms with Gasteiger partial charge in [-0.1, -0.05) is 272 Å². The monoisotopic (exact) mass is 1390 g/mol. The molecule has 0 aromatic carbocycles. The zero-order valence-electron chi connectivity index (χ0n) is 60.0. The van der Waals surface area contributed by atoms with E-state index in [1.807, 2.05) is 18.2 Å². The number of phosphoric acid groups is 2. The van der Waals surface area contributed by atoms with Crippen LogP contribution in [-0.2, 0) is 65.4 Å². The van der Waals surface area contributed by atoms with Crippen LogP contribution >= 0.6 is 15.6 Å². The van der Waals surface area contributed by atoms with Gasteiger partial charge in [0.05, 0.1) is 32.8 Å². The maximum Gasteiger partial charge on any atom is 0.472 e. The fourth-order valence-corrected chi connectivity index (χ4v) is 11.2.